The topological polar surface area (TPSA) is 52.5 Å². The third-order valence-corrected chi connectivity index (χ3v) is 3.49. The van der Waals surface area contributed by atoms with E-state index in [0.717, 1.165) is 16.7 Å². The molecule has 0 saturated heterocycles. The van der Waals surface area contributed by atoms with Crippen molar-refractivity contribution >= 4 is 0 Å². The summed E-state index contributed by atoms with van der Waals surface area (Å²) in [7, 11) is 0. The fourth-order valence-electron chi connectivity index (χ4n) is 2.35. The van der Waals surface area contributed by atoms with Crippen LogP contribution >= 0.6 is 0 Å². The van der Waals surface area contributed by atoms with Crippen molar-refractivity contribution in [2.24, 2.45) is 0 Å². The molecule has 2 aromatic rings. The number of hydrogen-bond donors (Lipinski definition) is 3. The van der Waals surface area contributed by atoms with Crippen molar-refractivity contribution < 1.29 is 10.2 Å². The average Bonchev–Trinajstić information content (AvgIpc) is 2.45. The van der Waals surface area contributed by atoms with Gasteiger partial charge in [-0.1, -0.05) is 42.5 Å². The number of hydrogen-bond acceptors (Lipinski definition) is 3. The Balaban J connectivity index is 2.15. The van der Waals surface area contributed by atoms with Gasteiger partial charge in [0.2, 0.25) is 0 Å². The summed E-state index contributed by atoms with van der Waals surface area (Å²) >= 11 is 0. The Morgan fingerprint density at radius 2 is 1.80 bits per heavy atom. The molecule has 0 aliphatic carbocycles. The highest BCUT2D eigenvalue weighted by molar-refractivity contribution is 5.38. The molecular weight excluding hydrogens is 250 g/mol. The first-order valence-corrected chi connectivity index (χ1v) is 6.83. The first-order valence-electron chi connectivity index (χ1n) is 6.83. The Bertz CT molecular complexity index is 554. The smallest absolute Gasteiger partial charge is 0.120 e. The second-order valence-electron chi connectivity index (χ2n) is 5.10. The molecular formula is C17H21NO2. The van der Waals surface area contributed by atoms with Gasteiger partial charge in [-0.05, 0) is 31.0 Å². The lowest BCUT2D eigenvalue weighted by Gasteiger charge is -2.23. The summed E-state index contributed by atoms with van der Waals surface area (Å²) in [5, 5.41) is 22.9. The van der Waals surface area contributed by atoms with E-state index in [-0.39, 0.29) is 24.4 Å². The zero-order valence-electron chi connectivity index (χ0n) is 11.9. The molecule has 0 saturated carbocycles. The highest BCUT2D eigenvalue weighted by Gasteiger charge is 2.16. The van der Waals surface area contributed by atoms with Crippen molar-refractivity contribution in [3.8, 4) is 5.75 Å². The van der Waals surface area contributed by atoms with E-state index in [1.54, 1.807) is 6.07 Å². The fraction of sp³-hybridized carbons (Fsp3) is 0.294. The molecule has 2 aromatic carbocycles. The number of phenolic OH excluding ortho intramolecular Hbond substituents is 1. The lowest BCUT2D eigenvalue weighted by Crippen LogP contribution is -2.27. The Morgan fingerprint density at radius 1 is 1.10 bits per heavy atom. The number of aliphatic hydroxyl groups is 1. The minimum absolute atomic E-state index is 0.0149. The summed E-state index contributed by atoms with van der Waals surface area (Å²) in [6, 6.07) is 15.3. The van der Waals surface area contributed by atoms with E-state index in [0.29, 0.717) is 0 Å². The van der Waals surface area contributed by atoms with Gasteiger partial charge >= 0.3 is 0 Å². The van der Waals surface area contributed by atoms with Crippen molar-refractivity contribution in [1.82, 2.24) is 5.32 Å². The lowest BCUT2D eigenvalue weighted by molar-refractivity contribution is 0.234. The van der Waals surface area contributed by atoms with Crippen molar-refractivity contribution in [2.45, 2.75) is 25.9 Å². The summed E-state index contributed by atoms with van der Waals surface area (Å²) in [5.74, 6) is 0.287. The molecule has 3 nitrogen and oxygen atoms in total. The van der Waals surface area contributed by atoms with Gasteiger partial charge in [0.1, 0.15) is 5.75 Å². The van der Waals surface area contributed by atoms with Crippen LogP contribution in [0.4, 0.5) is 0 Å². The molecule has 20 heavy (non-hydrogen) atoms. The number of aromatic hydroxyl groups is 1. The number of nitrogens with one attached hydrogen (secondary N) is 1. The Labute approximate surface area is 119 Å². The largest absolute Gasteiger partial charge is 0.508 e. The van der Waals surface area contributed by atoms with Gasteiger partial charge in [-0.15, -0.1) is 0 Å². The number of phenols is 1. The monoisotopic (exact) mass is 271 g/mol. The molecule has 0 bridgehead atoms. The summed E-state index contributed by atoms with van der Waals surface area (Å²) < 4.78 is 0. The number of rotatable bonds is 5. The SMILES string of the molecule is Cc1ccc(C(C)N[C@@H](CO)c2ccccc2)c(O)c1. The van der Waals surface area contributed by atoms with Crippen LogP contribution in [0.15, 0.2) is 48.5 Å². The van der Waals surface area contributed by atoms with Gasteiger partial charge in [-0.2, -0.15) is 0 Å². The molecule has 3 heteroatoms. The maximum absolute atomic E-state index is 10.0. The summed E-state index contributed by atoms with van der Waals surface area (Å²) in [4.78, 5) is 0. The van der Waals surface area contributed by atoms with Gasteiger partial charge in [0, 0.05) is 11.6 Å². The fourth-order valence-corrected chi connectivity index (χ4v) is 2.35. The zero-order chi connectivity index (χ0) is 14.5. The van der Waals surface area contributed by atoms with Crippen molar-refractivity contribution in [3.63, 3.8) is 0 Å². The van der Waals surface area contributed by atoms with Gasteiger partial charge in [0.05, 0.1) is 12.6 Å². The molecule has 0 radical (unpaired) electrons. The van der Waals surface area contributed by atoms with Gasteiger partial charge in [-0.3, -0.25) is 0 Å². The molecule has 0 spiro atoms. The average molecular weight is 271 g/mol. The predicted molar refractivity (Wildman–Crippen MR) is 80.7 cm³/mol. The van der Waals surface area contributed by atoms with Gasteiger partial charge in [0.25, 0.3) is 0 Å². The molecule has 0 aliphatic rings. The number of benzene rings is 2. The summed E-state index contributed by atoms with van der Waals surface area (Å²) in [5.41, 5.74) is 2.90. The minimum atomic E-state index is -0.146. The zero-order valence-corrected chi connectivity index (χ0v) is 11.9. The highest BCUT2D eigenvalue weighted by Crippen LogP contribution is 2.27. The molecule has 0 amide bonds. The van der Waals surface area contributed by atoms with Crippen LogP contribution in [0.5, 0.6) is 5.75 Å². The van der Waals surface area contributed by atoms with E-state index in [1.807, 2.05) is 56.3 Å². The van der Waals surface area contributed by atoms with Gasteiger partial charge in [-0.25, -0.2) is 0 Å². The van der Waals surface area contributed by atoms with Gasteiger partial charge in [0.15, 0.2) is 0 Å². The number of aryl methyl sites for hydroxylation is 1. The first kappa shape index (κ1) is 14.6. The van der Waals surface area contributed by atoms with Crippen LogP contribution in [0, 0.1) is 6.92 Å². The van der Waals surface area contributed by atoms with Crippen LogP contribution in [0.1, 0.15) is 35.7 Å². The molecule has 0 fully saturated rings. The quantitative estimate of drug-likeness (QED) is 0.783. The summed E-state index contributed by atoms with van der Waals surface area (Å²) in [6.07, 6.45) is 0. The second kappa shape index (κ2) is 6.55. The normalized spacial score (nSPS) is 13.9. The highest BCUT2D eigenvalue weighted by atomic mass is 16.3. The van der Waals surface area contributed by atoms with E-state index in [9.17, 15) is 10.2 Å². The molecule has 0 aromatic heterocycles. The van der Waals surface area contributed by atoms with E-state index in [1.165, 1.54) is 0 Å². The van der Waals surface area contributed by atoms with Crippen LogP contribution in [-0.2, 0) is 0 Å². The van der Waals surface area contributed by atoms with E-state index in [2.05, 4.69) is 5.32 Å². The molecule has 106 valence electrons. The Kier molecular flexibility index (Phi) is 4.77. The molecule has 0 heterocycles. The van der Waals surface area contributed by atoms with Crippen molar-refractivity contribution in [2.75, 3.05) is 6.61 Å². The standard InChI is InChI=1S/C17H21NO2/c1-12-8-9-15(17(20)10-12)13(2)18-16(11-19)14-6-4-3-5-7-14/h3-10,13,16,18-20H,11H2,1-2H3/t13?,16-/m0/s1. The van der Waals surface area contributed by atoms with Crippen molar-refractivity contribution in [1.29, 1.82) is 0 Å². The van der Waals surface area contributed by atoms with Crippen LogP contribution in [0.2, 0.25) is 0 Å². The Morgan fingerprint density at radius 3 is 2.40 bits per heavy atom. The van der Waals surface area contributed by atoms with E-state index in [4.69, 9.17) is 0 Å². The third kappa shape index (κ3) is 3.38. The molecule has 0 aliphatic heterocycles. The molecule has 2 atom stereocenters. The Hall–Kier alpha value is -1.84. The van der Waals surface area contributed by atoms with Crippen LogP contribution in [0.3, 0.4) is 0 Å². The first-order chi connectivity index (χ1) is 9.61. The van der Waals surface area contributed by atoms with Crippen LogP contribution < -0.4 is 5.32 Å². The van der Waals surface area contributed by atoms with E-state index < -0.39 is 0 Å². The number of aliphatic hydroxyl groups excluding tert-OH is 1. The minimum Gasteiger partial charge on any atom is -0.508 e. The third-order valence-electron chi connectivity index (χ3n) is 3.49. The molecule has 1 unspecified atom stereocenters. The van der Waals surface area contributed by atoms with Crippen LogP contribution in [-0.4, -0.2) is 16.8 Å². The summed E-state index contributed by atoms with van der Waals surface area (Å²) in [6.45, 7) is 3.94. The second-order valence-corrected chi connectivity index (χ2v) is 5.10. The lowest BCUT2D eigenvalue weighted by atomic mass is 10.0. The van der Waals surface area contributed by atoms with Crippen LogP contribution in [0.25, 0.3) is 0 Å². The molecule has 3 N–H and O–H groups in total. The van der Waals surface area contributed by atoms with Crippen molar-refractivity contribution in [3.05, 3.63) is 65.2 Å². The predicted octanol–water partition coefficient (Wildman–Crippen LogP) is 3.08. The van der Waals surface area contributed by atoms with Gasteiger partial charge < -0.3 is 15.5 Å². The maximum Gasteiger partial charge on any atom is 0.120 e. The maximum atomic E-state index is 10.0. The van der Waals surface area contributed by atoms with E-state index >= 15 is 0 Å². The molecule has 2 rings (SSSR count).